The largest absolute Gasteiger partial charge is 0.368 e. The molecular formula is C19H27N3O2. The molecule has 0 radical (unpaired) electrons. The molecule has 0 bridgehead atoms. The van der Waals surface area contributed by atoms with Crippen molar-refractivity contribution in [2.45, 2.75) is 57.2 Å². The molecule has 3 rings (SSSR count). The third-order valence-corrected chi connectivity index (χ3v) is 5.55. The average molecular weight is 329 g/mol. The highest BCUT2D eigenvalue weighted by Gasteiger charge is 2.44. The average Bonchev–Trinajstić information content (AvgIpc) is 2.94. The molecule has 1 aliphatic carbocycles. The van der Waals surface area contributed by atoms with E-state index >= 15 is 0 Å². The summed E-state index contributed by atoms with van der Waals surface area (Å²) in [4.78, 5) is 26.4. The van der Waals surface area contributed by atoms with E-state index in [4.69, 9.17) is 5.73 Å². The van der Waals surface area contributed by atoms with E-state index in [2.05, 4.69) is 10.2 Å². The van der Waals surface area contributed by atoms with Gasteiger partial charge in [0.25, 0.3) is 0 Å². The first kappa shape index (κ1) is 17.0. The summed E-state index contributed by atoms with van der Waals surface area (Å²) in [5.41, 5.74) is 6.68. The van der Waals surface area contributed by atoms with Gasteiger partial charge in [-0.2, -0.15) is 0 Å². The van der Waals surface area contributed by atoms with Crippen molar-refractivity contribution in [3.8, 4) is 0 Å². The summed E-state index contributed by atoms with van der Waals surface area (Å²) in [6.45, 7) is 2.23. The van der Waals surface area contributed by atoms with Gasteiger partial charge in [0.2, 0.25) is 11.8 Å². The van der Waals surface area contributed by atoms with Crippen LogP contribution in [0.4, 0.5) is 0 Å². The number of rotatable bonds is 5. The highest BCUT2D eigenvalue weighted by atomic mass is 16.2. The van der Waals surface area contributed by atoms with Crippen LogP contribution < -0.4 is 11.1 Å². The molecule has 5 heteroatoms. The van der Waals surface area contributed by atoms with Gasteiger partial charge in [-0.05, 0) is 37.7 Å². The molecule has 0 spiro atoms. The number of hydrogen-bond donors (Lipinski definition) is 2. The van der Waals surface area contributed by atoms with Crippen LogP contribution in [0.2, 0.25) is 0 Å². The lowest BCUT2D eigenvalue weighted by atomic mass is 9.84. The SMILES string of the molecule is C[C@H](NC(=O)CN1[C@H](C(N)=O)C[C@@H]2CCCC[C@@H]21)c1ccccc1. The molecule has 130 valence electrons. The van der Waals surface area contributed by atoms with E-state index in [1.54, 1.807) is 0 Å². The van der Waals surface area contributed by atoms with Crippen LogP contribution in [-0.4, -0.2) is 35.3 Å². The van der Waals surface area contributed by atoms with E-state index in [1.165, 1.54) is 12.8 Å². The Morgan fingerprint density at radius 1 is 1.25 bits per heavy atom. The van der Waals surface area contributed by atoms with Gasteiger partial charge in [-0.3, -0.25) is 14.5 Å². The number of nitrogens with zero attached hydrogens (tertiary/aromatic N) is 1. The van der Waals surface area contributed by atoms with Crippen LogP contribution in [0.3, 0.4) is 0 Å². The third-order valence-electron chi connectivity index (χ3n) is 5.55. The summed E-state index contributed by atoms with van der Waals surface area (Å²) < 4.78 is 0. The smallest absolute Gasteiger partial charge is 0.234 e. The van der Waals surface area contributed by atoms with E-state index in [1.807, 2.05) is 37.3 Å². The molecule has 4 atom stereocenters. The van der Waals surface area contributed by atoms with Crippen molar-refractivity contribution in [3.05, 3.63) is 35.9 Å². The maximum Gasteiger partial charge on any atom is 0.234 e. The monoisotopic (exact) mass is 329 g/mol. The number of nitrogens with one attached hydrogen (secondary N) is 1. The fraction of sp³-hybridized carbons (Fsp3) is 0.579. The number of nitrogens with two attached hydrogens (primary N) is 1. The van der Waals surface area contributed by atoms with Crippen LogP contribution in [0.5, 0.6) is 0 Å². The molecule has 1 saturated carbocycles. The van der Waals surface area contributed by atoms with Gasteiger partial charge in [0.15, 0.2) is 0 Å². The molecule has 0 aromatic heterocycles. The van der Waals surface area contributed by atoms with Crippen molar-refractivity contribution in [2.75, 3.05) is 6.54 Å². The number of fused-ring (bicyclic) bond motifs is 1. The number of carbonyl (C=O) groups excluding carboxylic acids is 2. The third kappa shape index (κ3) is 3.61. The predicted octanol–water partition coefficient (Wildman–Crippen LogP) is 1.98. The van der Waals surface area contributed by atoms with Crippen molar-refractivity contribution in [3.63, 3.8) is 0 Å². The molecule has 1 heterocycles. The number of carbonyl (C=O) groups is 2. The lowest BCUT2D eigenvalue weighted by Crippen LogP contribution is -2.49. The second-order valence-corrected chi connectivity index (χ2v) is 7.14. The Labute approximate surface area is 143 Å². The maximum atomic E-state index is 12.5. The minimum Gasteiger partial charge on any atom is -0.368 e. The molecule has 2 amide bonds. The summed E-state index contributed by atoms with van der Waals surface area (Å²) in [5.74, 6) is 0.174. The zero-order valence-corrected chi connectivity index (χ0v) is 14.3. The summed E-state index contributed by atoms with van der Waals surface area (Å²) in [6.07, 6.45) is 5.41. The lowest BCUT2D eigenvalue weighted by Gasteiger charge is -2.33. The Balaban J connectivity index is 1.64. The Bertz CT molecular complexity index is 590. The molecule has 1 aliphatic heterocycles. The van der Waals surface area contributed by atoms with E-state index in [9.17, 15) is 9.59 Å². The first-order valence-corrected chi connectivity index (χ1v) is 8.95. The van der Waals surface area contributed by atoms with Gasteiger partial charge in [0.05, 0.1) is 18.6 Å². The first-order chi connectivity index (χ1) is 11.6. The minimum atomic E-state index is -0.298. The molecule has 5 nitrogen and oxygen atoms in total. The zero-order valence-electron chi connectivity index (χ0n) is 14.3. The van der Waals surface area contributed by atoms with Crippen LogP contribution >= 0.6 is 0 Å². The highest BCUT2D eigenvalue weighted by Crippen LogP contribution is 2.39. The van der Waals surface area contributed by atoms with Crippen molar-refractivity contribution in [2.24, 2.45) is 11.7 Å². The topological polar surface area (TPSA) is 75.4 Å². The van der Waals surface area contributed by atoms with E-state index in [0.29, 0.717) is 12.0 Å². The number of likely N-dealkylation sites (tertiary alicyclic amines) is 1. The highest BCUT2D eigenvalue weighted by molar-refractivity contribution is 5.83. The van der Waals surface area contributed by atoms with E-state index < -0.39 is 0 Å². The van der Waals surface area contributed by atoms with Crippen LogP contribution in [0.15, 0.2) is 30.3 Å². The molecule has 3 N–H and O–H groups in total. The number of benzene rings is 1. The van der Waals surface area contributed by atoms with Crippen LogP contribution in [-0.2, 0) is 9.59 Å². The fourth-order valence-electron chi connectivity index (χ4n) is 4.34. The van der Waals surface area contributed by atoms with E-state index in [-0.39, 0.29) is 30.4 Å². The van der Waals surface area contributed by atoms with Crippen molar-refractivity contribution < 1.29 is 9.59 Å². The predicted molar refractivity (Wildman–Crippen MR) is 93.1 cm³/mol. The lowest BCUT2D eigenvalue weighted by molar-refractivity contribution is -0.127. The Morgan fingerprint density at radius 3 is 2.67 bits per heavy atom. The molecule has 24 heavy (non-hydrogen) atoms. The van der Waals surface area contributed by atoms with Gasteiger partial charge in [0, 0.05) is 6.04 Å². The molecular weight excluding hydrogens is 302 g/mol. The Hall–Kier alpha value is -1.88. The quantitative estimate of drug-likeness (QED) is 0.867. The van der Waals surface area contributed by atoms with Gasteiger partial charge >= 0.3 is 0 Å². The zero-order chi connectivity index (χ0) is 17.1. The molecule has 1 saturated heterocycles. The maximum absolute atomic E-state index is 12.5. The van der Waals surface area contributed by atoms with Crippen molar-refractivity contribution >= 4 is 11.8 Å². The van der Waals surface area contributed by atoms with Gasteiger partial charge in [-0.15, -0.1) is 0 Å². The normalized spacial score (nSPS) is 28.1. The summed E-state index contributed by atoms with van der Waals surface area (Å²) in [6, 6.07) is 9.89. The van der Waals surface area contributed by atoms with Crippen molar-refractivity contribution in [1.29, 1.82) is 0 Å². The van der Waals surface area contributed by atoms with Gasteiger partial charge in [0.1, 0.15) is 0 Å². The minimum absolute atomic E-state index is 0.0381. The second kappa shape index (κ2) is 7.34. The Kier molecular flexibility index (Phi) is 5.19. The van der Waals surface area contributed by atoms with Crippen LogP contribution in [0.25, 0.3) is 0 Å². The van der Waals surface area contributed by atoms with Crippen LogP contribution in [0, 0.1) is 5.92 Å². The molecule has 2 aliphatic rings. The summed E-state index contributed by atoms with van der Waals surface area (Å²) in [5, 5.41) is 3.05. The van der Waals surface area contributed by atoms with Gasteiger partial charge in [-0.25, -0.2) is 0 Å². The number of primary amides is 1. The molecule has 2 fully saturated rings. The number of amides is 2. The summed E-state index contributed by atoms with van der Waals surface area (Å²) >= 11 is 0. The molecule has 0 unspecified atom stereocenters. The van der Waals surface area contributed by atoms with Gasteiger partial charge in [-0.1, -0.05) is 43.2 Å². The Morgan fingerprint density at radius 2 is 1.96 bits per heavy atom. The van der Waals surface area contributed by atoms with E-state index in [0.717, 1.165) is 24.8 Å². The standard InChI is InChI=1S/C19H27N3O2/c1-13(14-7-3-2-4-8-14)21-18(23)12-22-16-10-6-5-9-15(16)11-17(22)19(20)24/h2-4,7-8,13,15-17H,5-6,9-12H2,1H3,(H2,20,24)(H,21,23)/t13-,15-,16-,17-/m0/s1. The van der Waals surface area contributed by atoms with Crippen LogP contribution in [0.1, 0.15) is 50.6 Å². The first-order valence-electron chi connectivity index (χ1n) is 8.95. The molecule has 1 aromatic carbocycles. The summed E-state index contributed by atoms with van der Waals surface area (Å²) in [7, 11) is 0. The van der Waals surface area contributed by atoms with Gasteiger partial charge < -0.3 is 11.1 Å². The van der Waals surface area contributed by atoms with Crippen molar-refractivity contribution in [1.82, 2.24) is 10.2 Å². The fourth-order valence-corrected chi connectivity index (χ4v) is 4.34. The molecule has 1 aromatic rings. The second-order valence-electron chi connectivity index (χ2n) is 7.14. The number of hydrogen-bond acceptors (Lipinski definition) is 3.